The minimum Gasteiger partial charge on any atom is -0.355 e. The second kappa shape index (κ2) is 11.0. The highest BCUT2D eigenvalue weighted by Crippen LogP contribution is 2.09. The molecule has 1 amide bonds. The Morgan fingerprint density at radius 1 is 1.24 bits per heavy atom. The third-order valence-corrected chi connectivity index (χ3v) is 3.81. The SMILES string of the molecule is CCCCC(Br)C(=O)NCCCN(CC)CC. The number of rotatable bonds is 10. The average Bonchev–Trinajstić information content (AvgIpc) is 2.35. The second-order valence-electron chi connectivity index (χ2n) is 4.28. The zero-order valence-electron chi connectivity index (χ0n) is 11.5. The van der Waals surface area contributed by atoms with Gasteiger partial charge in [-0.2, -0.15) is 0 Å². The third kappa shape index (κ3) is 8.61. The van der Waals surface area contributed by atoms with Gasteiger partial charge in [0, 0.05) is 6.54 Å². The fourth-order valence-electron chi connectivity index (χ4n) is 1.68. The molecular weight excluding hydrogens is 280 g/mol. The summed E-state index contributed by atoms with van der Waals surface area (Å²) in [5.41, 5.74) is 0. The molecule has 0 bridgehead atoms. The highest BCUT2D eigenvalue weighted by molar-refractivity contribution is 9.10. The maximum Gasteiger partial charge on any atom is 0.233 e. The van der Waals surface area contributed by atoms with E-state index in [1.54, 1.807) is 0 Å². The van der Waals surface area contributed by atoms with Crippen LogP contribution in [-0.4, -0.2) is 41.8 Å². The molecule has 0 spiro atoms. The highest BCUT2D eigenvalue weighted by atomic mass is 79.9. The molecule has 0 rings (SSSR count). The first-order valence-corrected chi connectivity index (χ1v) is 7.71. The van der Waals surface area contributed by atoms with Crippen LogP contribution < -0.4 is 5.32 Å². The maximum atomic E-state index is 11.7. The number of hydrogen-bond acceptors (Lipinski definition) is 2. The molecule has 1 unspecified atom stereocenters. The van der Waals surface area contributed by atoms with Crippen LogP contribution in [0.1, 0.15) is 46.5 Å². The highest BCUT2D eigenvalue weighted by Gasteiger charge is 2.12. The van der Waals surface area contributed by atoms with Gasteiger partial charge in [0.15, 0.2) is 0 Å². The quantitative estimate of drug-likeness (QED) is 0.497. The Morgan fingerprint density at radius 3 is 2.41 bits per heavy atom. The zero-order valence-corrected chi connectivity index (χ0v) is 13.1. The van der Waals surface area contributed by atoms with Crippen molar-refractivity contribution in [2.24, 2.45) is 0 Å². The molecule has 0 heterocycles. The Bertz CT molecular complexity index is 196. The Morgan fingerprint density at radius 2 is 1.88 bits per heavy atom. The largest absolute Gasteiger partial charge is 0.355 e. The first-order chi connectivity index (χ1) is 8.15. The van der Waals surface area contributed by atoms with E-state index in [0.717, 1.165) is 51.9 Å². The Hall–Kier alpha value is -0.0900. The molecule has 17 heavy (non-hydrogen) atoms. The van der Waals surface area contributed by atoms with E-state index in [4.69, 9.17) is 0 Å². The van der Waals surface area contributed by atoms with Gasteiger partial charge in [0.25, 0.3) is 0 Å². The molecule has 1 N–H and O–H groups in total. The predicted octanol–water partition coefficient (Wildman–Crippen LogP) is 2.79. The minimum absolute atomic E-state index is 0.0177. The monoisotopic (exact) mass is 306 g/mol. The summed E-state index contributed by atoms with van der Waals surface area (Å²) in [5, 5.41) is 2.98. The number of nitrogens with one attached hydrogen (secondary N) is 1. The molecule has 102 valence electrons. The lowest BCUT2D eigenvalue weighted by Crippen LogP contribution is -2.34. The van der Waals surface area contributed by atoms with Crippen LogP contribution in [0.3, 0.4) is 0 Å². The lowest BCUT2D eigenvalue weighted by Gasteiger charge is -2.18. The standard InChI is InChI=1S/C13H27BrN2O/c1-4-7-9-12(14)13(17)15-10-8-11-16(5-2)6-3/h12H,4-11H2,1-3H3,(H,15,17). The molecule has 0 aromatic heterocycles. The van der Waals surface area contributed by atoms with E-state index in [0.29, 0.717) is 0 Å². The zero-order chi connectivity index (χ0) is 13.1. The van der Waals surface area contributed by atoms with Gasteiger partial charge in [0.1, 0.15) is 0 Å². The Labute approximate surface area is 114 Å². The van der Waals surface area contributed by atoms with Gasteiger partial charge >= 0.3 is 0 Å². The van der Waals surface area contributed by atoms with E-state index in [1.165, 1.54) is 0 Å². The van der Waals surface area contributed by atoms with Crippen LogP contribution in [0.2, 0.25) is 0 Å². The van der Waals surface area contributed by atoms with E-state index in [-0.39, 0.29) is 10.7 Å². The summed E-state index contributed by atoms with van der Waals surface area (Å²) in [6.07, 6.45) is 4.19. The van der Waals surface area contributed by atoms with Crippen molar-refractivity contribution in [3.63, 3.8) is 0 Å². The molecule has 0 fully saturated rings. The summed E-state index contributed by atoms with van der Waals surface area (Å²) >= 11 is 3.43. The fourth-order valence-corrected chi connectivity index (χ4v) is 2.16. The number of nitrogens with zero attached hydrogens (tertiary/aromatic N) is 1. The van der Waals surface area contributed by atoms with E-state index in [2.05, 4.69) is 46.9 Å². The lowest BCUT2D eigenvalue weighted by molar-refractivity contribution is -0.120. The van der Waals surface area contributed by atoms with Gasteiger partial charge in [-0.15, -0.1) is 0 Å². The van der Waals surface area contributed by atoms with Gasteiger partial charge in [-0.05, 0) is 32.5 Å². The number of alkyl halides is 1. The van der Waals surface area contributed by atoms with Crippen molar-refractivity contribution >= 4 is 21.8 Å². The van der Waals surface area contributed by atoms with Crippen molar-refractivity contribution in [2.75, 3.05) is 26.2 Å². The van der Waals surface area contributed by atoms with Crippen LogP contribution in [-0.2, 0) is 4.79 Å². The summed E-state index contributed by atoms with van der Waals surface area (Å²) in [5.74, 6) is 0.137. The molecule has 0 aromatic carbocycles. The summed E-state index contributed by atoms with van der Waals surface area (Å²) in [6, 6.07) is 0. The summed E-state index contributed by atoms with van der Waals surface area (Å²) in [7, 11) is 0. The maximum absolute atomic E-state index is 11.7. The first-order valence-electron chi connectivity index (χ1n) is 6.79. The first kappa shape index (κ1) is 16.9. The Balaban J connectivity index is 3.56. The molecule has 0 saturated carbocycles. The van der Waals surface area contributed by atoms with Crippen LogP contribution >= 0.6 is 15.9 Å². The van der Waals surface area contributed by atoms with Crippen molar-refractivity contribution in [3.8, 4) is 0 Å². The molecular formula is C13H27BrN2O. The van der Waals surface area contributed by atoms with Gasteiger partial charge in [0.05, 0.1) is 4.83 Å². The molecule has 0 saturated heterocycles. The molecule has 1 atom stereocenters. The van der Waals surface area contributed by atoms with Crippen molar-refractivity contribution in [3.05, 3.63) is 0 Å². The molecule has 0 radical (unpaired) electrons. The van der Waals surface area contributed by atoms with E-state index in [9.17, 15) is 4.79 Å². The number of carbonyl (C=O) groups is 1. The van der Waals surface area contributed by atoms with Crippen LogP contribution in [0.25, 0.3) is 0 Å². The normalized spacial score (nSPS) is 12.8. The van der Waals surface area contributed by atoms with Gasteiger partial charge < -0.3 is 10.2 Å². The van der Waals surface area contributed by atoms with Crippen molar-refractivity contribution in [1.82, 2.24) is 10.2 Å². The number of hydrogen-bond donors (Lipinski definition) is 1. The summed E-state index contributed by atoms with van der Waals surface area (Å²) in [6.45, 7) is 10.5. The molecule has 0 aliphatic heterocycles. The molecule has 0 aliphatic carbocycles. The number of halogens is 1. The van der Waals surface area contributed by atoms with Crippen LogP contribution in [0.5, 0.6) is 0 Å². The van der Waals surface area contributed by atoms with Crippen molar-refractivity contribution in [2.45, 2.75) is 51.3 Å². The summed E-state index contributed by atoms with van der Waals surface area (Å²) in [4.78, 5) is 14.0. The van der Waals surface area contributed by atoms with Crippen LogP contribution in [0.4, 0.5) is 0 Å². The van der Waals surface area contributed by atoms with E-state index >= 15 is 0 Å². The van der Waals surface area contributed by atoms with Gasteiger partial charge in [-0.3, -0.25) is 4.79 Å². The number of amides is 1. The van der Waals surface area contributed by atoms with Crippen molar-refractivity contribution in [1.29, 1.82) is 0 Å². The van der Waals surface area contributed by atoms with Crippen LogP contribution in [0, 0.1) is 0 Å². The van der Waals surface area contributed by atoms with Gasteiger partial charge in [-0.1, -0.05) is 49.5 Å². The summed E-state index contributed by atoms with van der Waals surface area (Å²) < 4.78 is 0. The number of unbranched alkanes of at least 4 members (excludes halogenated alkanes) is 1. The van der Waals surface area contributed by atoms with E-state index < -0.39 is 0 Å². The predicted molar refractivity (Wildman–Crippen MR) is 77.7 cm³/mol. The third-order valence-electron chi connectivity index (χ3n) is 2.94. The van der Waals surface area contributed by atoms with Crippen molar-refractivity contribution < 1.29 is 4.79 Å². The van der Waals surface area contributed by atoms with Crippen LogP contribution in [0.15, 0.2) is 0 Å². The smallest absolute Gasteiger partial charge is 0.233 e. The average molecular weight is 307 g/mol. The fraction of sp³-hybridized carbons (Fsp3) is 0.923. The topological polar surface area (TPSA) is 32.3 Å². The Kier molecular flexibility index (Phi) is 11.0. The second-order valence-corrected chi connectivity index (χ2v) is 5.39. The lowest BCUT2D eigenvalue weighted by atomic mass is 10.2. The molecule has 0 aliphatic rings. The molecule has 3 nitrogen and oxygen atoms in total. The van der Waals surface area contributed by atoms with E-state index in [1.807, 2.05) is 0 Å². The van der Waals surface area contributed by atoms with Gasteiger partial charge in [0.2, 0.25) is 5.91 Å². The minimum atomic E-state index is -0.0177. The molecule has 0 aromatic rings. The molecule has 4 heteroatoms. The van der Waals surface area contributed by atoms with Gasteiger partial charge in [-0.25, -0.2) is 0 Å². The number of carbonyl (C=O) groups excluding carboxylic acids is 1.